The number of Topliss-reactive ketones (excluding diaryl/α,β-unsaturated/α-hetero) is 2. The Labute approximate surface area is 183 Å². The standard InChI is InChI=1S/C28H25NO2/c1-20-27(21(2)30)25(18-26(31)23-14-8-4-9-15-23)28(24-16-10-5-11-17-24)29(20)19-22-12-6-3-7-13-22/h3-17H,18-19H2,1-2H3. The van der Waals surface area contributed by atoms with Crippen LogP contribution in [0.4, 0.5) is 0 Å². The van der Waals surface area contributed by atoms with E-state index in [1.807, 2.05) is 85.8 Å². The fourth-order valence-electron chi connectivity index (χ4n) is 4.22. The molecule has 1 heterocycles. The van der Waals surface area contributed by atoms with Crippen LogP contribution in [0.2, 0.25) is 0 Å². The zero-order valence-corrected chi connectivity index (χ0v) is 17.8. The maximum absolute atomic E-state index is 13.1. The van der Waals surface area contributed by atoms with E-state index in [1.54, 1.807) is 6.92 Å². The normalized spacial score (nSPS) is 10.8. The van der Waals surface area contributed by atoms with Crippen LogP contribution < -0.4 is 0 Å². The lowest BCUT2D eigenvalue weighted by Crippen LogP contribution is -2.08. The van der Waals surface area contributed by atoms with Gasteiger partial charge in [-0.1, -0.05) is 91.0 Å². The molecule has 0 amide bonds. The maximum atomic E-state index is 13.1. The van der Waals surface area contributed by atoms with E-state index in [4.69, 9.17) is 0 Å². The molecular weight excluding hydrogens is 382 g/mol. The van der Waals surface area contributed by atoms with Gasteiger partial charge in [0.1, 0.15) is 0 Å². The highest BCUT2D eigenvalue weighted by Gasteiger charge is 2.26. The van der Waals surface area contributed by atoms with E-state index < -0.39 is 0 Å². The number of carbonyl (C=O) groups excluding carboxylic acids is 2. The molecule has 0 saturated heterocycles. The van der Waals surface area contributed by atoms with Crippen molar-refractivity contribution in [1.82, 2.24) is 4.57 Å². The highest BCUT2D eigenvalue weighted by Crippen LogP contribution is 2.34. The number of rotatable bonds is 7. The molecule has 0 aliphatic carbocycles. The van der Waals surface area contributed by atoms with Gasteiger partial charge in [-0.2, -0.15) is 0 Å². The monoisotopic (exact) mass is 407 g/mol. The summed E-state index contributed by atoms with van der Waals surface area (Å²) >= 11 is 0. The van der Waals surface area contributed by atoms with E-state index in [2.05, 4.69) is 16.7 Å². The molecule has 0 saturated carbocycles. The average molecular weight is 408 g/mol. The van der Waals surface area contributed by atoms with Gasteiger partial charge < -0.3 is 4.57 Å². The van der Waals surface area contributed by atoms with Crippen LogP contribution in [-0.4, -0.2) is 16.1 Å². The fraction of sp³-hybridized carbons (Fsp3) is 0.143. The van der Waals surface area contributed by atoms with Crippen molar-refractivity contribution in [3.05, 3.63) is 119 Å². The summed E-state index contributed by atoms with van der Waals surface area (Å²) in [6.45, 7) is 4.19. The number of ketones is 2. The molecule has 0 fully saturated rings. The number of carbonyl (C=O) groups is 2. The lowest BCUT2D eigenvalue weighted by atomic mass is 9.95. The first-order valence-electron chi connectivity index (χ1n) is 10.5. The van der Waals surface area contributed by atoms with Crippen molar-refractivity contribution in [1.29, 1.82) is 0 Å². The first kappa shape index (κ1) is 20.5. The molecule has 0 spiro atoms. The van der Waals surface area contributed by atoms with Crippen molar-refractivity contribution < 1.29 is 9.59 Å². The van der Waals surface area contributed by atoms with Crippen molar-refractivity contribution >= 4 is 11.6 Å². The van der Waals surface area contributed by atoms with Crippen molar-refractivity contribution in [3.8, 4) is 11.3 Å². The molecule has 31 heavy (non-hydrogen) atoms. The van der Waals surface area contributed by atoms with Gasteiger partial charge in [0.25, 0.3) is 0 Å². The summed E-state index contributed by atoms with van der Waals surface area (Å²) in [4.78, 5) is 25.9. The third-order valence-electron chi connectivity index (χ3n) is 5.64. The molecule has 4 aromatic rings. The Kier molecular flexibility index (Phi) is 5.94. The van der Waals surface area contributed by atoms with Crippen molar-refractivity contribution in [2.45, 2.75) is 26.8 Å². The minimum absolute atomic E-state index is 0.0112. The predicted octanol–water partition coefficient (Wildman–Crippen LogP) is 6.14. The quantitative estimate of drug-likeness (QED) is 0.345. The number of hydrogen-bond acceptors (Lipinski definition) is 2. The molecule has 0 bridgehead atoms. The third kappa shape index (κ3) is 4.26. The highest BCUT2D eigenvalue weighted by atomic mass is 16.1. The van der Waals surface area contributed by atoms with Gasteiger partial charge in [-0.15, -0.1) is 0 Å². The van der Waals surface area contributed by atoms with E-state index in [0.29, 0.717) is 17.7 Å². The second-order valence-electron chi connectivity index (χ2n) is 7.75. The van der Waals surface area contributed by atoms with E-state index in [9.17, 15) is 9.59 Å². The molecule has 0 N–H and O–H groups in total. The third-order valence-corrected chi connectivity index (χ3v) is 5.64. The van der Waals surface area contributed by atoms with Gasteiger partial charge in [0.15, 0.2) is 11.6 Å². The van der Waals surface area contributed by atoms with Gasteiger partial charge in [0.05, 0.1) is 5.69 Å². The molecular formula is C28H25NO2. The molecule has 4 rings (SSSR count). The fourth-order valence-corrected chi connectivity index (χ4v) is 4.22. The highest BCUT2D eigenvalue weighted by molar-refractivity contribution is 6.04. The Hall–Kier alpha value is -3.72. The van der Waals surface area contributed by atoms with Crippen LogP contribution in [0.5, 0.6) is 0 Å². The van der Waals surface area contributed by atoms with Gasteiger partial charge in [0, 0.05) is 29.8 Å². The second-order valence-corrected chi connectivity index (χ2v) is 7.75. The molecule has 1 aromatic heterocycles. The van der Waals surface area contributed by atoms with Crippen LogP contribution in [-0.2, 0) is 13.0 Å². The van der Waals surface area contributed by atoms with E-state index in [1.165, 1.54) is 0 Å². The molecule has 0 aliphatic heterocycles. The first-order chi connectivity index (χ1) is 15.1. The summed E-state index contributed by atoms with van der Waals surface area (Å²) in [5, 5.41) is 0. The lowest BCUT2D eigenvalue weighted by Gasteiger charge is -2.14. The summed E-state index contributed by atoms with van der Waals surface area (Å²) < 4.78 is 2.18. The smallest absolute Gasteiger partial charge is 0.167 e. The molecule has 3 aromatic carbocycles. The largest absolute Gasteiger partial charge is 0.339 e. The van der Waals surface area contributed by atoms with Gasteiger partial charge in [-0.25, -0.2) is 0 Å². The average Bonchev–Trinajstić information content (AvgIpc) is 3.06. The van der Waals surface area contributed by atoms with Crippen LogP contribution in [0.1, 0.15) is 44.5 Å². The van der Waals surface area contributed by atoms with E-state index in [0.717, 1.165) is 28.1 Å². The van der Waals surface area contributed by atoms with Crippen molar-refractivity contribution in [3.63, 3.8) is 0 Å². The Morgan fingerprint density at radius 2 is 1.32 bits per heavy atom. The van der Waals surface area contributed by atoms with Gasteiger partial charge in [-0.3, -0.25) is 9.59 Å². The SMILES string of the molecule is CC(=O)c1c(CC(=O)c2ccccc2)c(-c2ccccc2)n(Cc2ccccc2)c1C. The number of hydrogen-bond donors (Lipinski definition) is 0. The van der Waals surface area contributed by atoms with Gasteiger partial charge in [-0.05, 0) is 30.5 Å². The van der Waals surface area contributed by atoms with Crippen LogP contribution >= 0.6 is 0 Å². The number of aromatic nitrogens is 1. The minimum atomic E-state index is -0.0163. The molecule has 0 unspecified atom stereocenters. The second kappa shape index (κ2) is 8.97. The Morgan fingerprint density at radius 3 is 1.90 bits per heavy atom. The molecule has 3 nitrogen and oxygen atoms in total. The summed E-state index contributed by atoms with van der Waals surface area (Å²) in [6, 6.07) is 29.5. The van der Waals surface area contributed by atoms with Gasteiger partial charge >= 0.3 is 0 Å². The molecule has 0 radical (unpaired) electrons. The zero-order chi connectivity index (χ0) is 21.8. The lowest BCUT2D eigenvalue weighted by molar-refractivity contribution is 0.0992. The predicted molar refractivity (Wildman–Crippen MR) is 125 cm³/mol. The zero-order valence-electron chi connectivity index (χ0n) is 17.8. The molecule has 154 valence electrons. The number of nitrogens with zero attached hydrogens (tertiary/aromatic N) is 1. The Balaban J connectivity index is 1.90. The Bertz CT molecular complexity index is 1210. The first-order valence-corrected chi connectivity index (χ1v) is 10.5. The van der Waals surface area contributed by atoms with E-state index >= 15 is 0 Å². The molecule has 3 heteroatoms. The summed E-state index contributed by atoms with van der Waals surface area (Å²) in [6.07, 6.45) is 0.186. The number of benzene rings is 3. The van der Waals surface area contributed by atoms with E-state index in [-0.39, 0.29) is 18.0 Å². The summed E-state index contributed by atoms with van der Waals surface area (Å²) in [7, 11) is 0. The molecule has 0 atom stereocenters. The van der Waals surface area contributed by atoms with Crippen molar-refractivity contribution in [2.75, 3.05) is 0 Å². The Morgan fingerprint density at radius 1 is 0.774 bits per heavy atom. The van der Waals surface area contributed by atoms with Crippen LogP contribution in [0.15, 0.2) is 91.0 Å². The van der Waals surface area contributed by atoms with Crippen LogP contribution in [0.25, 0.3) is 11.3 Å². The summed E-state index contributed by atoms with van der Waals surface area (Å²) in [5.74, 6) is -0.00510. The topological polar surface area (TPSA) is 39.1 Å². The van der Waals surface area contributed by atoms with Crippen LogP contribution in [0, 0.1) is 6.92 Å². The van der Waals surface area contributed by atoms with Gasteiger partial charge in [0.2, 0.25) is 0 Å². The maximum Gasteiger partial charge on any atom is 0.167 e. The minimum Gasteiger partial charge on any atom is -0.339 e. The van der Waals surface area contributed by atoms with Crippen LogP contribution in [0.3, 0.4) is 0 Å². The molecule has 0 aliphatic rings. The summed E-state index contributed by atoms with van der Waals surface area (Å²) in [5.41, 5.74) is 6.10. The van der Waals surface area contributed by atoms with Crippen molar-refractivity contribution in [2.24, 2.45) is 0 Å².